The maximum atomic E-state index is 10.4. The molecule has 0 aromatic heterocycles. The van der Waals surface area contributed by atoms with Gasteiger partial charge in [-0.3, -0.25) is 24.0 Å². The summed E-state index contributed by atoms with van der Waals surface area (Å²) in [6.45, 7) is 9.47. The third-order valence-corrected chi connectivity index (χ3v) is 5.34. The topological polar surface area (TPSA) is 343 Å². The first-order valence-electron chi connectivity index (χ1n) is 14.3. The molecule has 0 saturated heterocycles. The number of carbonyl (C=O) groups is 5. The van der Waals surface area contributed by atoms with Gasteiger partial charge in [0.2, 0.25) is 0 Å². The van der Waals surface area contributed by atoms with Crippen molar-refractivity contribution in [2.75, 3.05) is 6.54 Å². The number of carboxylic acid groups (broad SMARTS) is 5. The van der Waals surface area contributed by atoms with Crippen molar-refractivity contribution in [3.05, 3.63) is 35.9 Å². The standard InChI is InChI=1S/C9H11NO2.C6H14N2O2.C6H13NO2.C5H11NO2.C3H7NO2/c10-8(9(11)12)6-7-4-2-1-3-5-7;7-4-2-1-3-5(8)6(9)10;1-4(2)3-5(7)6(8)9;1-3(2)4(6)5(7)8;1-2(4)3(5)6/h1-5,8H,6,10H2,(H,11,12);5H,1-4,7-8H2,(H,9,10);4-5H,3,7H2,1-2H3,(H,8,9);3-4H,6H2,1-2H3,(H,7,8);2H,4H2,1H3,(H,5,6). The number of rotatable bonds is 14. The summed E-state index contributed by atoms with van der Waals surface area (Å²) in [7, 11) is 0. The van der Waals surface area contributed by atoms with E-state index in [-0.39, 0.29) is 5.92 Å². The molecular formula is C29H56N6O10. The number of hydrogen-bond donors (Lipinski definition) is 11. The number of benzene rings is 1. The van der Waals surface area contributed by atoms with Gasteiger partial charge in [0.05, 0.1) is 0 Å². The average Bonchev–Trinajstić information content (AvgIpc) is 2.93. The van der Waals surface area contributed by atoms with Crippen LogP contribution in [0.25, 0.3) is 0 Å². The van der Waals surface area contributed by atoms with Gasteiger partial charge in [-0.2, -0.15) is 0 Å². The Morgan fingerprint density at radius 2 is 1.04 bits per heavy atom. The van der Waals surface area contributed by atoms with Crippen LogP contribution in [0.2, 0.25) is 0 Å². The summed E-state index contributed by atoms with van der Waals surface area (Å²) < 4.78 is 0. The van der Waals surface area contributed by atoms with Crippen molar-refractivity contribution >= 4 is 29.8 Å². The molecular weight excluding hydrogens is 592 g/mol. The molecule has 0 heterocycles. The summed E-state index contributed by atoms with van der Waals surface area (Å²) in [4.78, 5) is 50.2. The number of carboxylic acids is 5. The Morgan fingerprint density at radius 3 is 1.29 bits per heavy atom. The second-order valence-electron chi connectivity index (χ2n) is 10.7. The Labute approximate surface area is 265 Å². The Balaban J connectivity index is -0.000000238. The largest absolute Gasteiger partial charge is 0.480 e. The first-order valence-corrected chi connectivity index (χ1v) is 14.3. The molecule has 16 nitrogen and oxygen atoms in total. The lowest BCUT2D eigenvalue weighted by Crippen LogP contribution is -2.34. The van der Waals surface area contributed by atoms with Crippen LogP contribution in [0.5, 0.6) is 0 Å². The van der Waals surface area contributed by atoms with Crippen LogP contribution in [-0.2, 0) is 30.4 Å². The summed E-state index contributed by atoms with van der Waals surface area (Å²) >= 11 is 0. The zero-order valence-electron chi connectivity index (χ0n) is 26.9. The van der Waals surface area contributed by atoms with Crippen LogP contribution in [-0.4, -0.2) is 92.1 Å². The normalized spacial score (nSPS) is 13.3. The molecule has 0 amide bonds. The van der Waals surface area contributed by atoms with Gasteiger partial charge in [0.25, 0.3) is 0 Å². The second kappa shape index (κ2) is 29.1. The van der Waals surface area contributed by atoms with Crippen molar-refractivity contribution in [1.29, 1.82) is 0 Å². The second-order valence-corrected chi connectivity index (χ2v) is 10.7. The van der Waals surface area contributed by atoms with Crippen LogP contribution in [0.15, 0.2) is 30.3 Å². The van der Waals surface area contributed by atoms with Gasteiger partial charge in [0, 0.05) is 0 Å². The zero-order valence-corrected chi connectivity index (χ0v) is 26.9. The molecule has 0 aliphatic heterocycles. The molecule has 5 unspecified atom stereocenters. The van der Waals surface area contributed by atoms with Gasteiger partial charge in [0.15, 0.2) is 0 Å². The summed E-state index contributed by atoms with van der Waals surface area (Å²) in [6, 6.07) is 5.69. The molecule has 16 heteroatoms. The number of unbranched alkanes of at least 4 members (excludes halogenated alkanes) is 1. The lowest BCUT2D eigenvalue weighted by molar-refractivity contribution is -0.140. The van der Waals surface area contributed by atoms with E-state index in [0.29, 0.717) is 31.7 Å². The van der Waals surface area contributed by atoms with Crippen LogP contribution in [0, 0.1) is 11.8 Å². The van der Waals surface area contributed by atoms with Crippen molar-refractivity contribution in [2.45, 2.75) is 96.9 Å². The lowest BCUT2D eigenvalue weighted by atomic mass is 10.1. The fourth-order valence-corrected chi connectivity index (χ4v) is 2.48. The molecule has 0 bridgehead atoms. The minimum Gasteiger partial charge on any atom is -0.480 e. The minimum absolute atomic E-state index is 0.0208. The third-order valence-electron chi connectivity index (χ3n) is 5.34. The number of hydrogen-bond acceptors (Lipinski definition) is 11. The highest BCUT2D eigenvalue weighted by atomic mass is 16.4. The summed E-state index contributed by atoms with van der Waals surface area (Å²) in [5.74, 6) is -4.32. The van der Waals surface area contributed by atoms with Crippen LogP contribution in [0.3, 0.4) is 0 Å². The quantitative estimate of drug-likeness (QED) is 0.119. The first kappa shape index (κ1) is 48.2. The maximum Gasteiger partial charge on any atom is 0.320 e. The fraction of sp³-hybridized carbons (Fsp3) is 0.621. The predicted octanol–water partition coefficient (Wildman–Crippen LogP) is 0.0852. The third kappa shape index (κ3) is 34.7. The fourth-order valence-electron chi connectivity index (χ4n) is 2.48. The molecule has 0 spiro atoms. The van der Waals surface area contributed by atoms with Crippen molar-refractivity contribution < 1.29 is 49.5 Å². The van der Waals surface area contributed by atoms with E-state index >= 15 is 0 Å². The summed E-state index contributed by atoms with van der Waals surface area (Å²) in [5.41, 5.74) is 31.9. The van der Waals surface area contributed by atoms with Gasteiger partial charge in [-0.1, -0.05) is 64.4 Å². The maximum absolute atomic E-state index is 10.4. The van der Waals surface area contributed by atoms with E-state index in [4.69, 9.17) is 59.9 Å². The van der Waals surface area contributed by atoms with E-state index in [9.17, 15) is 24.0 Å². The van der Waals surface area contributed by atoms with Crippen LogP contribution in [0.4, 0.5) is 0 Å². The molecule has 0 radical (unpaired) electrons. The van der Waals surface area contributed by atoms with Gasteiger partial charge in [0.1, 0.15) is 30.2 Å². The molecule has 1 rings (SSSR count). The SMILES string of the molecule is CC(C)C(N)C(=O)O.CC(C)CC(N)C(=O)O.CC(N)C(=O)O.NC(Cc1ccccc1)C(=O)O.NCCCCC(N)C(=O)O. The molecule has 1 aromatic rings. The van der Waals surface area contributed by atoms with Crippen LogP contribution in [0.1, 0.15) is 65.9 Å². The van der Waals surface area contributed by atoms with Crippen molar-refractivity contribution in [2.24, 2.45) is 46.2 Å². The van der Waals surface area contributed by atoms with E-state index in [1.807, 2.05) is 44.2 Å². The smallest absolute Gasteiger partial charge is 0.320 e. The molecule has 45 heavy (non-hydrogen) atoms. The highest BCUT2D eigenvalue weighted by Gasteiger charge is 2.14. The highest BCUT2D eigenvalue weighted by Crippen LogP contribution is 2.02. The molecule has 17 N–H and O–H groups in total. The molecule has 1 aromatic carbocycles. The monoisotopic (exact) mass is 648 g/mol. The van der Waals surface area contributed by atoms with E-state index < -0.39 is 60.1 Å². The van der Waals surface area contributed by atoms with E-state index in [0.717, 1.165) is 18.4 Å². The van der Waals surface area contributed by atoms with Crippen molar-refractivity contribution in [1.82, 2.24) is 0 Å². The minimum atomic E-state index is -0.963. The lowest BCUT2D eigenvalue weighted by Gasteiger charge is -2.07. The van der Waals surface area contributed by atoms with Gasteiger partial charge in [-0.15, -0.1) is 0 Å². The summed E-state index contributed by atoms with van der Waals surface area (Å²) in [5, 5.41) is 41.2. The Kier molecular flexibility index (Phi) is 31.2. The van der Waals surface area contributed by atoms with Crippen LogP contribution < -0.4 is 34.4 Å². The van der Waals surface area contributed by atoms with Crippen molar-refractivity contribution in [3.8, 4) is 0 Å². The van der Waals surface area contributed by atoms with E-state index in [1.54, 1.807) is 13.8 Å². The predicted molar refractivity (Wildman–Crippen MR) is 171 cm³/mol. The Morgan fingerprint density at radius 1 is 0.622 bits per heavy atom. The highest BCUT2D eigenvalue weighted by molar-refractivity contribution is 5.74. The van der Waals surface area contributed by atoms with Gasteiger partial charge >= 0.3 is 29.8 Å². The summed E-state index contributed by atoms with van der Waals surface area (Å²) in [6.07, 6.45) is 3.10. The average molecular weight is 649 g/mol. The Hall–Kier alpha value is -3.67. The number of aliphatic carboxylic acids is 5. The molecule has 262 valence electrons. The Bertz CT molecular complexity index is 949. The first-order chi connectivity index (χ1) is 20.6. The molecule has 0 aliphatic carbocycles. The molecule has 0 aliphatic rings. The van der Waals surface area contributed by atoms with Crippen molar-refractivity contribution in [3.63, 3.8) is 0 Å². The van der Waals surface area contributed by atoms with Gasteiger partial charge in [-0.05, 0) is 56.6 Å². The zero-order chi connectivity index (χ0) is 36.3. The van der Waals surface area contributed by atoms with E-state index in [2.05, 4.69) is 0 Å². The van der Waals surface area contributed by atoms with Gasteiger partial charge in [-0.25, -0.2) is 0 Å². The molecule has 0 saturated carbocycles. The molecule has 5 atom stereocenters. The van der Waals surface area contributed by atoms with Gasteiger partial charge < -0.3 is 59.9 Å². The van der Waals surface area contributed by atoms with Crippen LogP contribution >= 0.6 is 0 Å². The number of nitrogens with two attached hydrogens (primary N) is 6. The van der Waals surface area contributed by atoms with E-state index in [1.165, 1.54) is 6.92 Å². The molecule has 0 fully saturated rings.